The third-order valence-electron chi connectivity index (χ3n) is 4.49. The number of carbonyl (C=O) groups excluding carboxylic acids is 2. The Morgan fingerprint density at radius 3 is 2.43 bits per heavy atom. The molecule has 0 radical (unpaired) electrons. The maximum atomic E-state index is 12.7. The SMILES string of the molecule is O=C(Nc1cccc(C(=O)N2CCOCC2)c1)c1cccc(-n2cnnc2)c1. The van der Waals surface area contributed by atoms with Crippen LogP contribution in [-0.4, -0.2) is 57.8 Å². The summed E-state index contributed by atoms with van der Waals surface area (Å²) in [5, 5.41) is 10.4. The molecule has 4 rings (SSSR count). The van der Waals surface area contributed by atoms with E-state index in [4.69, 9.17) is 4.74 Å². The number of nitrogens with one attached hydrogen (secondary N) is 1. The van der Waals surface area contributed by atoms with Crippen molar-refractivity contribution in [2.45, 2.75) is 0 Å². The van der Waals surface area contributed by atoms with Gasteiger partial charge in [0.15, 0.2) is 0 Å². The lowest BCUT2D eigenvalue weighted by atomic mass is 10.1. The van der Waals surface area contributed by atoms with E-state index in [1.807, 2.05) is 6.07 Å². The van der Waals surface area contributed by atoms with Gasteiger partial charge in [-0.25, -0.2) is 0 Å². The van der Waals surface area contributed by atoms with Gasteiger partial charge < -0.3 is 15.0 Å². The molecule has 0 bridgehead atoms. The van der Waals surface area contributed by atoms with Gasteiger partial charge in [-0.2, -0.15) is 0 Å². The zero-order chi connectivity index (χ0) is 19.3. The molecule has 8 nitrogen and oxygen atoms in total. The van der Waals surface area contributed by atoms with Crippen molar-refractivity contribution in [2.24, 2.45) is 0 Å². The van der Waals surface area contributed by atoms with Crippen LogP contribution in [0.5, 0.6) is 0 Å². The molecule has 1 saturated heterocycles. The molecule has 0 atom stereocenters. The molecule has 1 aliphatic heterocycles. The minimum atomic E-state index is -0.258. The molecule has 1 fully saturated rings. The van der Waals surface area contributed by atoms with Gasteiger partial charge in [-0.05, 0) is 36.4 Å². The summed E-state index contributed by atoms with van der Waals surface area (Å²) >= 11 is 0. The zero-order valence-electron chi connectivity index (χ0n) is 15.1. The van der Waals surface area contributed by atoms with E-state index >= 15 is 0 Å². The normalized spacial score (nSPS) is 13.9. The van der Waals surface area contributed by atoms with Crippen molar-refractivity contribution in [1.29, 1.82) is 0 Å². The number of carbonyl (C=O) groups is 2. The summed E-state index contributed by atoms with van der Waals surface area (Å²) < 4.78 is 7.01. The summed E-state index contributed by atoms with van der Waals surface area (Å²) in [5.74, 6) is -0.320. The monoisotopic (exact) mass is 377 g/mol. The fourth-order valence-electron chi connectivity index (χ4n) is 3.02. The predicted molar refractivity (Wildman–Crippen MR) is 102 cm³/mol. The Hall–Kier alpha value is -3.52. The molecule has 0 aliphatic carbocycles. The first-order valence-electron chi connectivity index (χ1n) is 8.94. The molecule has 0 unspecified atom stereocenters. The molecule has 1 aromatic heterocycles. The highest BCUT2D eigenvalue weighted by molar-refractivity contribution is 6.05. The highest BCUT2D eigenvalue weighted by atomic mass is 16.5. The number of aromatic nitrogens is 3. The van der Waals surface area contributed by atoms with Crippen LogP contribution in [0, 0.1) is 0 Å². The summed E-state index contributed by atoms with van der Waals surface area (Å²) in [5.41, 5.74) is 2.39. The van der Waals surface area contributed by atoms with E-state index in [1.165, 1.54) is 0 Å². The molecule has 0 saturated carbocycles. The van der Waals surface area contributed by atoms with Crippen LogP contribution in [0.25, 0.3) is 5.69 Å². The second-order valence-corrected chi connectivity index (χ2v) is 6.36. The standard InChI is InChI=1S/C20H19N5O3/c26-19(15-3-2-6-18(12-15)25-13-21-22-14-25)23-17-5-1-4-16(11-17)20(27)24-7-9-28-10-8-24/h1-6,11-14H,7-10H2,(H,23,26). The van der Waals surface area contributed by atoms with Crippen LogP contribution < -0.4 is 5.32 Å². The van der Waals surface area contributed by atoms with E-state index < -0.39 is 0 Å². The molecule has 8 heteroatoms. The number of anilines is 1. The average Bonchev–Trinajstić information content (AvgIpc) is 3.29. The number of hydrogen-bond acceptors (Lipinski definition) is 5. The summed E-state index contributed by atoms with van der Waals surface area (Å²) in [7, 11) is 0. The van der Waals surface area contributed by atoms with Gasteiger partial charge in [0.25, 0.3) is 11.8 Å². The summed E-state index contributed by atoms with van der Waals surface area (Å²) in [6.45, 7) is 2.24. The van der Waals surface area contributed by atoms with Gasteiger partial charge in [-0.1, -0.05) is 12.1 Å². The lowest BCUT2D eigenvalue weighted by Gasteiger charge is -2.27. The first-order chi connectivity index (χ1) is 13.7. The van der Waals surface area contributed by atoms with Crippen LogP contribution in [-0.2, 0) is 4.74 Å². The first-order valence-corrected chi connectivity index (χ1v) is 8.94. The number of benzene rings is 2. The molecule has 1 N–H and O–H groups in total. The van der Waals surface area contributed by atoms with E-state index in [-0.39, 0.29) is 11.8 Å². The molecule has 142 valence electrons. The summed E-state index contributed by atoms with van der Waals surface area (Å²) in [6, 6.07) is 14.1. The number of nitrogens with zero attached hydrogens (tertiary/aromatic N) is 4. The third-order valence-corrected chi connectivity index (χ3v) is 4.49. The average molecular weight is 377 g/mol. The number of hydrogen-bond donors (Lipinski definition) is 1. The van der Waals surface area contributed by atoms with E-state index in [0.717, 1.165) is 5.69 Å². The number of ether oxygens (including phenoxy) is 1. The van der Waals surface area contributed by atoms with Gasteiger partial charge in [0.2, 0.25) is 0 Å². The van der Waals surface area contributed by atoms with E-state index in [9.17, 15) is 9.59 Å². The van der Waals surface area contributed by atoms with Crippen molar-refractivity contribution in [3.05, 3.63) is 72.3 Å². The Morgan fingerprint density at radius 1 is 0.929 bits per heavy atom. The number of morpholine rings is 1. The van der Waals surface area contributed by atoms with Crippen LogP contribution >= 0.6 is 0 Å². The van der Waals surface area contributed by atoms with Crippen molar-refractivity contribution in [3.63, 3.8) is 0 Å². The van der Waals surface area contributed by atoms with Crippen LogP contribution in [0.4, 0.5) is 5.69 Å². The van der Waals surface area contributed by atoms with Gasteiger partial charge >= 0.3 is 0 Å². The lowest BCUT2D eigenvalue weighted by Crippen LogP contribution is -2.40. The molecule has 3 aromatic rings. The molecule has 2 amide bonds. The summed E-state index contributed by atoms with van der Waals surface area (Å²) in [4.78, 5) is 27.0. The smallest absolute Gasteiger partial charge is 0.255 e. The topological polar surface area (TPSA) is 89.4 Å². The van der Waals surface area contributed by atoms with Gasteiger partial charge in [0, 0.05) is 35.6 Å². The minimum absolute atomic E-state index is 0.0611. The Morgan fingerprint density at radius 2 is 1.64 bits per heavy atom. The third kappa shape index (κ3) is 3.91. The minimum Gasteiger partial charge on any atom is -0.378 e. The van der Waals surface area contributed by atoms with Crippen LogP contribution in [0.3, 0.4) is 0 Å². The highest BCUT2D eigenvalue weighted by Gasteiger charge is 2.19. The first kappa shape index (κ1) is 17.9. The van der Waals surface area contributed by atoms with Gasteiger partial charge in [-0.15, -0.1) is 10.2 Å². The maximum absolute atomic E-state index is 12.7. The molecule has 0 spiro atoms. The predicted octanol–water partition coefficient (Wildman–Crippen LogP) is 1.99. The molecule has 2 heterocycles. The lowest BCUT2D eigenvalue weighted by molar-refractivity contribution is 0.0303. The van der Waals surface area contributed by atoms with E-state index in [1.54, 1.807) is 64.6 Å². The highest BCUT2D eigenvalue weighted by Crippen LogP contribution is 2.16. The van der Waals surface area contributed by atoms with Crippen LogP contribution in [0.2, 0.25) is 0 Å². The van der Waals surface area contributed by atoms with Crippen molar-refractivity contribution >= 4 is 17.5 Å². The molecule has 2 aromatic carbocycles. The van der Waals surface area contributed by atoms with E-state index in [0.29, 0.717) is 43.1 Å². The maximum Gasteiger partial charge on any atom is 0.255 e. The molecular weight excluding hydrogens is 358 g/mol. The van der Waals surface area contributed by atoms with Gasteiger partial charge in [-0.3, -0.25) is 14.2 Å². The largest absolute Gasteiger partial charge is 0.378 e. The molecule has 1 aliphatic rings. The van der Waals surface area contributed by atoms with Gasteiger partial charge in [0.1, 0.15) is 12.7 Å². The zero-order valence-corrected chi connectivity index (χ0v) is 15.1. The second kappa shape index (κ2) is 8.01. The Bertz CT molecular complexity index is 981. The quantitative estimate of drug-likeness (QED) is 0.751. The Labute approximate surface area is 161 Å². The fourth-order valence-corrected chi connectivity index (χ4v) is 3.02. The number of rotatable bonds is 4. The van der Waals surface area contributed by atoms with Crippen molar-refractivity contribution < 1.29 is 14.3 Å². The molecule has 28 heavy (non-hydrogen) atoms. The second-order valence-electron chi connectivity index (χ2n) is 6.36. The van der Waals surface area contributed by atoms with Crippen molar-refractivity contribution in [1.82, 2.24) is 19.7 Å². The Balaban J connectivity index is 1.49. The summed E-state index contributed by atoms with van der Waals surface area (Å²) in [6.07, 6.45) is 3.13. The van der Waals surface area contributed by atoms with Crippen molar-refractivity contribution in [3.8, 4) is 5.69 Å². The van der Waals surface area contributed by atoms with Crippen molar-refractivity contribution in [2.75, 3.05) is 31.6 Å². The fraction of sp³-hybridized carbons (Fsp3) is 0.200. The van der Waals surface area contributed by atoms with E-state index in [2.05, 4.69) is 15.5 Å². The van der Waals surface area contributed by atoms with Gasteiger partial charge in [0.05, 0.1) is 13.2 Å². The van der Waals surface area contributed by atoms with Crippen LogP contribution in [0.15, 0.2) is 61.2 Å². The number of amides is 2. The van der Waals surface area contributed by atoms with Crippen LogP contribution in [0.1, 0.15) is 20.7 Å². The molecular formula is C20H19N5O3. The Kier molecular flexibility index (Phi) is 5.11.